The van der Waals surface area contributed by atoms with Gasteiger partial charge in [0.1, 0.15) is 23.1 Å². The van der Waals surface area contributed by atoms with Crippen molar-refractivity contribution in [1.29, 1.82) is 0 Å². The number of hydrogen-bond acceptors (Lipinski definition) is 4. The molecule has 6 nitrogen and oxygen atoms in total. The van der Waals surface area contributed by atoms with Crippen LogP contribution in [0.25, 0.3) is 28.2 Å². The molecule has 2 aromatic carbocycles. The maximum atomic E-state index is 14.8. The minimum absolute atomic E-state index is 0.183. The summed E-state index contributed by atoms with van der Waals surface area (Å²) in [6, 6.07) is 14.0. The molecule has 2 aliphatic rings. The summed E-state index contributed by atoms with van der Waals surface area (Å²) in [6.07, 6.45) is 2.23. The number of halogens is 2. The standard InChI is InChI=1S/C25H21F2N5O/c1-15-4-2-3-5-20(15)32-21(33)9-8-19(29-32)22-23(17-7-6-16(26)12-18(17)27)30-31-14-25(10-11-25)13-28-24(22)31/h2-9,12,28H,10-11,13-14H2,1H3. The minimum Gasteiger partial charge on any atom is -0.369 e. The van der Waals surface area contributed by atoms with Gasteiger partial charge in [-0.3, -0.25) is 4.79 Å². The monoisotopic (exact) mass is 445 g/mol. The fraction of sp³-hybridized carbons (Fsp3) is 0.240. The van der Waals surface area contributed by atoms with E-state index in [9.17, 15) is 13.6 Å². The third kappa shape index (κ3) is 3.25. The molecule has 6 rings (SSSR count). The zero-order valence-electron chi connectivity index (χ0n) is 18.0. The van der Waals surface area contributed by atoms with Crippen LogP contribution in [-0.2, 0) is 6.54 Å². The zero-order valence-corrected chi connectivity index (χ0v) is 18.0. The molecule has 1 spiro atoms. The first-order chi connectivity index (χ1) is 15.9. The van der Waals surface area contributed by atoms with E-state index in [4.69, 9.17) is 5.10 Å². The van der Waals surface area contributed by atoms with Crippen molar-refractivity contribution in [3.05, 3.63) is 82.1 Å². The molecule has 33 heavy (non-hydrogen) atoms. The van der Waals surface area contributed by atoms with Crippen LogP contribution < -0.4 is 10.9 Å². The molecule has 3 heterocycles. The maximum Gasteiger partial charge on any atom is 0.271 e. The number of rotatable bonds is 3. The highest BCUT2D eigenvalue weighted by molar-refractivity contribution is 5.88. The molecule has 1 N–H and O–H groups in total. The first-order valence-electron chi connectivity index (χ1n) is 10.9. The second-order valence-electron chi connectivity index (χ2n) is 8.96. The van der Waals surface area contributed by atoms with Crippen molar-refractivity contribution in [3.63, 3.8) is 0 Å². The molecule has 0 atom stereocenters. The summed E-state index contributed by atoms with van der Waals surface area (Å²) in [5.74, 6) is -0.614. The average Bonchev–Trinajstić information content (AvgIpc) is 3.44. The molecule has 0 radical (unpaired) electrons. The lowest BCUT2D eigenvalue weighted by Gasteiger charge is -2.25. The second-order valence-corrected chi connectivity index (χ2v) is 8.96. The summed E-state index contributed by atoms with van der Waals surface area (Å²) in [5.41, 5.74) is 3.13. The van der Waals surface area contributed by atoms with E-state index in [0.29, 0.717) is 22.6 Å². The largest absolute Gasteiger partial charge is 0.369 e. The summed E-state index contributed by atoms with van der Waals surface area (Å²) in [7, 11) is 0. The van der Waals surface area contributed by atoms with Crippen LogP contribution in [0, 0.1) is 24.0 Å². The number of aryl methyl sites for hydroxylation is 1. The molecule has 166 valence electrons. The van der Waals surface area contributed by atoms with Crippen molar-refractivity contribution >= 4 is 5.82 Å². The van der Waals surface area contributed by atoms with Gasteiger partial charge in [0, 0.05) is 29.7 Å². The van der Waals surface area contributed by atoms with Crippen molar-refractivity contribution in [2.75, 3.05) is 11.9 Å². The van der Waals surface area contributed by atoms with E-state index >= 15 is 0 Å². The van der Waals surface area contributed by atoms with Crippen LogP contribution >= 0.6 is 0 Å². The predicted octanol–water partition coefficient (Wildman–Crippen LogP) is 4.56. The van der Waals surface area contributed by atoms with Gasteiger partial charge in [0.05, 0.1) is 23.5 Å². The van der Waals surface area contributed by atoms with Crippen LogP contribution in [0.1, 0.15) is 18.4 Å². The Hall–Kier alpha value is -3.81. The van der Waals surface area contributed by atoms with Crippen LogP contribution in [0.15, 0.2) is 59.4 Å². The third-order valence-corrected chi connectivity index (χ3v) is 6.61. The van der Waals surface area contributed by atoms with Gasteiger partial charge in [-0.05, 0) is 49.6 Å². The predicted molar refractivity (Wildman–Crippen MR) is 121 cm³/mol. The van der Waals surface area contributed by atoms with Crippen molar-refractivity contribution < 1.29 is 8.78 Å². The number of anilines is 1. The Kier molecular flexibility index (Phi) is 4.27. The van der Waals surface area contributed by atoms with Crippen LogP contribution in [0.3, 0.4) is 0 Å². The topological polar surface area (TPSA) is 64.7 Å². The highest BCUT2D eigenvalue weighted by atomic mass is 19.1. The molecule has 1 fully saturated rings. The van der Waals surface area contributed by atoms with Gasteiger partial charge in [-0.1, -0.05) is 18.2 Å². The van der Waals surface area contributed by atoms with Crippen LogP contribution in [0.2, 0.25) is 0 Å². The lowest BCUT2D eigenvalue weighted by atomic mass is 10.0. The van der Waals surface area contributed by atoms with Gasteiger partial charge in [0.15, 0.2) is 0 Å². The third-order valence-electron chi connectivity index (χ3n) is 6.61. The normalized spacial score (nSPS) is 15.8. The fourth-order valence-electron chi connectivity index (χ4n) is 4.54. The molecule has 1 aliphatic heterocycles. The summed E-state index contributed by atoms with van der Waals surface area (Å²) in [4.78, 5) is 12.7. The molecule has 0 bridgehead atoms. The van der Waals surface area contributed by atoms with Crippen molar-refractivity contribution in [2.24, 2.45) is 5.41 Å². The second kappa shape index (κ2) is 7.10. The highest BCUT2D eigenvalue weighted by Gasteiger charge is 2.46. The van der Waals surface area contributed by atoms with Gasteiger partial charge >= 0.3 is 0 Å². The van der Waals surface area contributed by atoms with Crippen LogP contribution in [-0.4, -0.2) is 26.1 Å². The quantitative estimate of drug-likeness (QED) is 0.502. The first kappa shape index (κ1) is 19.8. The fourth-order valence-corrected chi connectivity index (χ4v) is 4.54. The summed E-state index contributed by atoms with van der Waals surface area (Å²) >= 11 is 0. The Bertz CT molecular complexity index is 1470. The van der Waals surface area contributed by atoms with Crippen LogP contribution in [0.4, 0.5) is 14.6 Å². The van der Waals surface area contributed by atoms with Crippen molar-refractivity contribution in [3.8, 4) is 28.2 Å². The Morgan fingerprint density at radius 2 is 1.85 bits per heavy atom. The van der Waals surface area contributed by atoms with E-state index in [1.165, 1.54) is 22.9 Å². The van der Waals surface area contributed by atoms with Gasteiger partial charge in [-0.2, -0.15) is 14.9 Å². The Morgan fingerprint density at radius 3 is 2.61 bits per heavy atom. The molecule has 8 heteroatoms. The molecule has 2 aromatic heterocycles. The maximum absolute atomic E-state index is 14.8. The summed E-state index contributed by atoms with van der Waals surface area (Å²) in [6.45, 7) is 3.44. The van der Waals surface area contributed by atoms with Gasteiger partial charge in [-0.25, -0.2) is 13.5 Å². The van der Waals surface area contributed by atoms with E-state index in [-0.39, 0.29) is 16.5 Å². The summed E-state index contributed by atoms with van der Waals surface area (Å²) in [5, 5.41) is 12.8. The smallest absolute Gasteiger partial charge is 0.271 e. The Morgan fingerprint density at radius 1 is 1.03 bits per heavy atom. The van der Waals surface area contributed by atoms with E-state index in [1.54, 1.807) is 6.07 Å². The van der Waals surface area contributed by atoms with Gasteiger partial charge in [0.2, 0.25) is 0 Å². The van der Waals surface area contributed by atoms with Crippen molar-refractivity contribution in [2.45, 2.75) is 26.3 Å². The lowest BCUT2D eigenvalue weighted by Crippen LogP contribution is -2.29. The van der Waals surface area contributed by atoms with Gasteiger partial charge < -0.3 is 5.32 Å². The molecule has 1 aliphatic carbocycles. The highest BCUT2D eigenvalue weighted by Crippen LogP contribution is 2.51. The number of hydrogen-bond donors (Lipinski definition) is 1. The number of aromatic nitrogens is 4. The molecular weight excluding hydrogens is 424 g/mol. The molecular formula is C25H21F2N5O. The number of benzene rings is 2. The van der Waals surface area contributed by atoms with Gasteiger partial charge in [0.25, 0.3) is 5.56 Å². The SMILES string of the molecule is Cc1ccccc1-n1nc(-c2c(-c3ccc(F)cc3F)nn3c2NCC2(CC2)C3)ccc1=O. The molecule has 0 amide bonds. The molecule has 1 saturated carbocycles. The Labute approximate surface area is 188 Å². The van der Waals surface area contributed by atoms with E-state index in [0.717, 1.165) is 43.4 Å². The molecule has 0 unspecified atom stereocenters. The molecule has 4 aromatic rings. The lowest BCUT2D eigenvalue weighted by molar-refractivity contribution is 0.396. The van der Waals surface area contributed by atoms with Gasteiger partial charge in [-0.15, -0.1) is 0 Å². The number of nitrogens with one attached hydrogen (secondary N) is 1. The number of fused-ring (bicyclic) bond motifs is 1. The zero-order chi connectivity index (χ0) is 22.7. The minimum atomic E-state index is -0.694. The first-order valence-corrected chi connectivity index (χ1v) is 10.9. The number of nitrogens with zero attached hydrogens (tertiary/aromatic N) is 4. The van der Waals surface area contributed by atoms with E-state index in [1.807, 2.05) is 35.9 Å². The average molecular weight is 445 g/mol. The van der Waals surface area contributed by atoms with E-state index < -0.39 is 11.6 Å². The van der Waals surface area contributed by atoms with E-state index in [2.05, 4.69) is 10.4 Å². The number of para-hydroxylation sites is 1. The Balaban J connectivity index is 1.58. The molecule has 0 saturated heterocycles. The summed E-state index contributed by atoms with van der Waals surface area (Å²) < 4.78 is 31.7. The van der Waals surface area contributed by atoms with Crippen LogP contribution in [0.5, 0.6) is 0 Å². The van der Waals surface area contributed by atoms with Crippen molar-refractivity contribution in [1.82, 2.24) is 19.6 Å².